The van der Waals surface area contributed by atoms with Gasteiger partial charge in [-0.05, 0) is 6.92 Å². The summed E-state index contributed by atoms with van der Waals surface area (Å²) in [7, 11) is 0. The van der Waals surface area contributed by atoms with Crippen molar-refractivity contribution in [2.45, 2.75) is 13.0 Å². The Kier molecular flexibility index (Phi) is 6.82. The molecule has 0 bridgehead atoms. The van der Waals surface area contributed by atoms with Crippen LogP contribution >= 0.6 is 0 Å². The smallest absolute Gasteiger partial charge is 1.00 e. The molecule has 0 fully saturated rings. The zero-order chi connectivity index (χ0) is 5.15. The van der Waals surface area contributed by atoms with Gasteiger partial charge in [-0.3, -0.25) is 4.79 Å². The normalized spacial score (nSPS) is 11.7. The fourth-order valence-corrected chi connectivity index (χ4v) is 0. The van der Waals surface area contributed by atoms with Gasteiger partial charge in [0, 0.05) is 0 Å². The molecule has 0 aliphatic carbocycles. The van der Waals surface area contributed by atoms with Crippen molar-refractivity contribution in [2.75, 3.05) is 0 Å². The Hall–Kier alpha value is 0.430. The topological polar surface area (TPSA) is 63.3 Å². The maximum Gasteiger partial charge on any atom is 1.00 e. The van der Waals surface area contributed by atoms with E-state index in [4.69, 9.17) is 10.8 Å². The number of aliphatic carboxylic acids is 1. The van der Waals surface area contributed by atoms with Gasteiger partial charge in [-0.15, -0.1) is 0 Å². The number of rotatable bonds is 1. The summed E-state index contributed by atoms with van der Waals surface area (Å²) >= 11 is 0. The summed E-state index contributed by atoms with van der Waals surface area (Å²) in [6.45, 7) is 1.42. The molecule has 38 valence electrons. The second-order valence-electron chi connectivity index (χ2n) is 1.13. The summed E-state index contributed by atoms with van der Waals surface area (Å²) in [5, 5.41) is 7.87. The van der Waals surface area contributed by atoms with Crippen LogP contribution < -0.4 is 35.3 Å². The number of nitrogens with two attached hydrogens (primary N) is 1. The minimum atomic E-state index is -0.963. The molecule has 4 heteroatoms. The average Bonchev–Trinajstić information content (AvgIpc) is 1.36. The first-order chi connectivity index (χ1) is 2.64. The molecule has 0 amide bonds. The van der Waals surface area contributed by atoms with E-state index in [2.05, 4.69) is 0 Å². The van der Waals surface area contributed by atoms with Gasteiger partial charge in [-0.25, -0.2) is 0 Å². The molecule has 1 atom stereocenters. The molecule has 1 unspecified atom stereocenters. The zero-order valence-corrected chi connectivity index (χ0v) is 6.51. The average molecular weight is 113 g/mol. The molecule has 0 aliphatic heterocycles. The van der Waals surface area contributed by atoms with Gasteiger partial charge < -0.3 is 12.3 Å². The van der Waals surface area contributed by atoms with E-state index in [9.17, 15) is 4.79 Å². The molecule has 0 saturated carbocycles. The van der Waals surface area contributed by atoms with Crippen LogP contribution in [0.5, 0.6) is 0 Å². The molecule has 0 spiro atoms. The van der Waals surface area contributed by atoms with Crippen LogP contribution in [-0.2, 0) is 4.79 Å². The van der Waals surface area contributed by atoms with E-state index in [1.165, 1.54) is 6.92 Å². The first-order valence-electron chi connectivity index (χ1n) is 1.63. The Morgan fingerprint density at radius 2 is 2.14 bits per heavy atom. The van der Waals surface area contributed by atoms with Crippen LogP contribution in [0.25, 0.3) is 0 Å². The van der Waals surface area contributed by atoms with Crippen molar-refractivity contribution >= 4 is 5.97 Å². The van der Waals surface area contributed by atoms with Gasteiger partial charge in [-0.1, -0.05) is 0 Å². The van der Waals surface area contributed by atoms with Crippen molar-refractivity contribution in [2.24, 2.45) is 5.73 Å². The summed E-state index contributed by atoms with van der Waals surface area (Å²) in [6.07, 6.45) is 0. The van der Waals surface area contributed by atoms with E-state index < -0.39 is 12.0 Å². The SMILES string of the molecule is CC(N)C(=O)O.[H-].[Na+]. The van der Waals surface area contributed by atoms with Gasteiger partial charge in [0.15, 0.2) is 0 Å². The van der Waals surface area contributed by atoms with Gasteiger partial charge in [-0.2, -0.15) is 0 Å². The van der Waals surface area contributed by atoms with E-state index in [0.717, 1.165) is 0 Å². The van der Waals surface area contributed by atoms with Gasteiger partial charge in [0.25, 0.3) is 0 Å². The van der Waals surface area contributed by atoms with E-state index in [0.29, 0.717) is 0 Å². The Morgan fingerprint density at radius 3 is 2.14 bits per heavy atom. The first-order valence-corrected chi connectivity index (χ1v) is 1.63. The van der Waals surface area contributed by atoms with Crippen LogP contribution in [0.2, 0.25) is 0 Å². The minimum Gasteiger partial charge on any atom is -1.00 e. The molecule has 0 rings (SSSR count). The number of hydrogen-bond donors (Lipinski definition) is 2. The predicted octanol–water partition coefficient (Wildman–Crippen LogP) is -3.47. The van der Waals surface area contributed by atoms with Crippen LogP contribution in [0.1, 0.15) is 8.35 Å². The molecule has 3 nitrogen and oxygen atoms in total. The van der Waals surface area contributed by atoms with Crippen LogP contribution in [0.15, 0.2) is 0 Å². The minimum absolute atomic E-state index is 0. The number of carbonyl (C=O) groups is 1. The molecular formula is C3H8NNaO2. The van der Waals surface area contributed by atoms with E-state index in [1.807, 2.05) is 0 Å². The van der Waals surface area contributed by atoms with Crippen LogP contribution in [0, 0.1) is 0 Å². The van der Waals surface area contributed by atoms with Crippen molar-refractivity contribution in [1.82, 2.24) is 0 Å². The third-order valence-electron chi connectivity index (χ3n) is 0.390. The van der Waals surface area contributed by atoms with Crippen molar-refractivity contribution in [1.29, 1.82) is 0 Å². The second kappa shape index (κ2) is 4.59. The fourth-order valence-electron chi connectivity index (χ4n) is 0. The number of carboxylic acids is 1. The Labute approximate surface area is 65.7 Å². The number of hydrogen-bond acceptors (Lipinski definition) is 2. The predicted molar refractivity (Wildman–Crippen MR) is 22.4 cm³/mol. The van der Waals surface area contributed by atoms with Gasteiger partial charge in [0.1, 0.15) is 6.04 Å². The molecule has 0 aliphatic rings. The van der Waals surface area contributed by atoms with Crippen molar-refractivity contribution in [3.8, 4) is 0 Å². The van der Waals surface area contributed by atoms with Crippen LogP contribution in [-0.4, -0.2) is 17.1 Å². The molecule has 0 radical (unpaired) electrons. The van der Waals surface area contributed by atoms with Crippen molar-refractivity contribution in [3.05, 3.63) is 0 Å². The van der Waals surface area contributed by atoms with Crippen molar-refractivity contribution in [3.63, 3.8) is 0 Å². The van der Waals surface area contributed by atoms with E-state index in [1.54, 1.807) is 0 Å². The fraction of sp³-hybridized carbons (Fsp3) is 0.667. The molecule has 0 saturated heterocycles. The molecular weight excluding hydrogens is 105 g/mol. The molecule has 0 heterocycles. The monoisotopic (exact) mass is 113 g/mol. The van der Waals surface area contributed by atoms with E-state index in [-0.39, 0.29) is 31.0 Å². The second-order valence-corrected chi connectivity index (χ2v) is 1.13. The zero-order valence-electron chi connectivity index (χ0n) is 5.51. The van der Waals surface area contributed by atoms with Crippen LogP contribution in [0.3, 0.4) is 0 Å². The Balaban J connectivity index is -0.000000125. The summed E-state index contributed by atoms with van der Waals surface area (Å²) in [5.74, 6) is -0.963. The standard InChI is InChI=1S/C3H7NO2.Na.H/c1-2(4)3(5)6;;/h2H,4H2,1H3,(H,5,6);;/q;+1;-1. The molecule has 0 aromatic carbocycles. The molecule has 7 heavy (non-hydrogen) atoms. The Morgan fingerprint density at radius 1 is 2.00 bits per heavy atom. The molecule has 0 aromatic rings. The largest absolute Gasteiger partial charge is 1.00 e. The summed E-state index contributed by atoms with van der Waals surface area (Å²) in [5.41, 5.74) is 4.84. The Bertz CT molecular complexity index is 68.3. The maximum absolute atomic E-state index is 9.57. The van der Waals surface area contributed by atoms with E-state index >= 15 is 0 Å². The summed E-state index contributed by atoms with van der Waals surface area (Å²) < 4.78 is 0. The third-order valence-corrected chi connectivity index (χ3v) is 0.390. The quantitative estimate of drug-likeness (QED) is 0.347. The third kappa shape index (κ3) is 6.43. The maximum atomic E-state index is 9.57. The summed E-state index contributed by atoms with van der Waals surface area (Å²) in [4.78, 5) is 9.57. The number of carboxylic acid groups (broad SMARTS) is 1. The van der Waals surface area contributed by atoms with Gasteiger partial charge in [0.05, 0.1) is 0 Å². The summed E-state index contributed by atoms with van der Waals surface area (Å²) in [6, 6.07) is -0.731. The van der Waals surface area contributed by atoms with Gasteiger partial charge >= 0.3 is 35.5 Å². The van der Waals surface area contributed by atoms with Gasteiger partial charge in [0.2, 0.25) is 0 Å². The van der Waals surface area contributed by atoms with Crippen LogP contribution in [0.4, 0.5) is 0 Å². The molecule has 3 N–H and O–H groups in total. The van der Waals surface area contributed by atoms with Crippen molar-refractivity contribution < 1.29 is 40.9 Å². The molecule has 0 aromatic heterocycles. The first kappa shape index (κ1) is 10.4.